The fourth-order valence-corrected chi connectivity index (χ4v) is 1.14. The van der Waals surface area contributed by atoms with Crippen molar-refractivity contribution < 1.29 is 9.76 Å². The predicted octanol–water partition coefficient (Wildman–Crippen LogP) is 1.21. The zero-order valence-corrected chi connectivity index (χ0v) is 6.64. The lowest BCUT2D eigenvalue weighted by Gasteiger charge is -2.06. The highest BCUT2D eigenvalue weighted by Crippen LogP contribution is 2.22. The minimum absolute atomic E-state index is 0.154. The zero-order chi connectivity index (χ0) is 9.26. The van der Waals surface area contributed by atoms with E-state index in [2.05, 4.69) is 5.16 Å². The van der Waals surface area contributed by atoms with Gasteiger partial charge < -0.3 is 10.1 Å². The third-order valence-corrected chi connectivity index (χ3v) is 1.78. The first-order valence-electron chi connectivity index (χ1n) is 3.73. The van der Waals surface area contributed by atoms with Crippen LogP contribution in [0.1, 0.15) is 5.56 Å². The third kappa shape index (κ3) is 1.35. The van der Waals surface area contributed by atoms with Gasteiger partial charge in [0.15, 0.2) is 10.9 Å². The Morgan fingerprint density at radius 1 is 1.46 bits per heavy atom. The summed E-state index contributed by atoms with van der Waals surface area (Å²) in [7, 11) is 0. The van der Waals surface area contributed by atoms with Crippen LogP contribution in [0.5, 0.6) is 5.75 Å². The van der Waals surface area contributed by atoms with Gasteiger partial charge in [0.1, 0.15) is 0 Å². The summed E-state index contributed by atoms with van der Waals surface area (Å²) in [5.41, 5.74) is 0.796. The molecule has 1 aromatic carbocycles. The van der Waals surface area contributed by atoms with Gasteiger partial charge >= 0.3 is 5.84 Å². The Hall–Kier alpha value is -1.91. The van der Waals surface area contributed by atoms with Crippen LogP contribution in [0.4, 0.5) is 0 Å². The minimum Gasteiger partial charge on any atom is -0.358 e. The Kier molecular flexibility index (Phi) is 1.70. The molecule has 0 atom stereocenters. The largest absolute Gasteiger partial charge is 0.390 e. The van der Waals surface area contributed by atoms with E-state index in [1.807, 2.05) is 6.07 Å². The number of amidine groups is 1. The van der Waals surface area contributed by atoms with E-state index in [9.17, 15) is 10.1 Å². The molecule has 0 aromatic heterocycles. The summed E-state index contributed by atoms with van der Waals surface area (Å²) in [5.74, 6) is 0.437. The zero-order valence-electron chi connectivity index (χ0n) is 6.64. The highest BCUT2D eigenvalue weighted by Gasteiger charge is 2.23. The Morgan fingerprint density at radius 3 is 3.00 bits per heavy atom. The first-order valence-corrected chi connectivity index (χ1v) is 3.73. The summed E-state index contributed by atoms with van der Waals surface area (Å²) >= 11 is 0. The number of fused-ring (bicyclic) bond motifs is 1. The molecule has 0 N–H and O–H groups in total. The number of nitrogens with zero attached hydrogens (tertiary/aromatic N) is 2. The third-order valence-electron chi connectivity index (χ3n) is 1.78. The second-order valence-corrected chi connectivity index (χ2v) is 2.64. The Morgan fingerprint density at radius 2 is 2.23 bits per heavy atom. The first-order chi connectivity index (χ1) is 6.27. The summed E-state index contributed by atoms with van der Waals surface area (Å²) < 4.78 is 0. The predicted molar refractivity (Wildman–Crippen MR) is 45.2 cm³/mol. The molecule has 0 fully saturated rings. The van der Waals surface area contributed by atoms with Crippen molar-refractivity contribution >= 4 is 5.84 Å². The number of nitro groups is 1. The van der Waals surface area contributed by atoms with E-state index in [1.54, 1.807) is 18.2 Å². The van der Waals surface area contributed by atoms with Crippen LogP contribution in [-0.4, -0.2) is 10.8 Å². The number of rotatable bonds is 0. The van der Waals surface area contributed by atoms with E-state index < -0.39 is 4.92 Å². The van der Waals surface area contributed by atoms with E-state index in [0.717, 1.165) is 5.56 Å². The second-order valence-electron chi connectivity index (χ2n) is 2.64. The van der Waals surface area contributed by atoms with Crippen molar-refractivity contribution in [1.29, 1.82) is 0 Å². The molecule has 2 rings (SSSR count). The maximum Gasteiger partial charge on any atom is 0.390 e. The van der Waals surface area contributed by atoms with Crippen molar-refractivity contribution in [2.75, 3.05) is 0 Å². The van der Waals surface area contributed by atoms with Crippen molar-refractivity contribution in [3.8, 4) is 5.75 Å². The molecular formula is C8H6N2O3. The number of hydrogen-bond acceptors (Lipinski definition) is 4. The normalized spacial score (nSPS) is 14.0. The molecule has 66 valence electrons. The molecule has 0 saturated heterocycles. The lowest BCUT2D eigenvalue weighted by molar-refractivity contribution is -0.355. The molecule has 0 aliphatic carbocycles. The van der Waals surface area contributed by atoms with Crippen LogP contribution in [0, 0.1) is 10.1 Å². The summed E-state index contributed by atoms with van der Waals surface area (Å²) in [6.07, 6.45) is 0.225. The van der Waals surface area contributed by atoms with Crippen molar-refractivity contribution in [3.63, 3.8) is 0 Å². The van der Waals surface area contributed by atoms with Crippen LogP contribution in [0.3, 0.4) is 0 Å². The van der Waals surface area contributed by atoms with Gasteiger partial charge in [-0.15, -0.1) is 0 Å². The van der Waals surface area contributed by atoms with Gasteiger partial charge in [0.2, 0.25) is 0 Å². The molecule has 0 amide bonds. The van der Waals surface area contributed by atoms with E-state index in [4.69, 9.17) is 4.84 Å². The van der Waals surface area contributed by atoms with Gasteiger partial charge in [-0.1, -0.05) is 18.2 Å². The molecule has 0 spiro atoms. The second kappa shape index (κ2) is 2.85. The monoisotopic (exact) mass is 178 g/mol. The molecule has 1 aliphatic heterocycles. The molecule has 0 radical (unpaired) electrons. The number of para-hydroxylation sites is 1. The maximum absolute atomic E-state index is 10.4. The first kappa shape index (κ1) is 7.72. The number of oxime groups is 1. The van der Waals surface area contributed by atoms with E-state index in [-0.39, 0.29) is 12.3 Å². The van der Waals surface area contributed by atoms with Crippen molar-refractivity contribution in [3.05, 3.63) is 39.9 Å². The summed E-state index contributed by atoms with van der Waals surface area (Å²) in [6.45, 7) is 0. The van der Waals surface area contributed by atoms with Crippen LogP contribution < -0.4 is 4.84 Å². The quantitative estimate of drug-likeness (QED) is 0.443. The van der Waals surface area contributed by atoms with Crippen LogP contribution in [0.25, 0.3) is 0 Å². The van der Waals surface area contributed by atoms with Gasteiger partial charge in [-0.25, -0.2) is 0 Å². The minimum atomic E-state index is -0.532. The fraction of sp³-hybridized carbons (Fsp3) is 0.125. The molecule has 5 heteroatoms. The fourth-order valence-electron chi connectivity index (χ4n) is 1.14. The lowest BCUT2D eigenvalue weighted by atomic mass is 10.1. The van der Waals surface area contributed by atoms with Crippen LogP contribution in [0.15, 0.2) is 29.4 Å². The van der Waals surface area contributed by atoms with Crippen molar-refractivity contribution in [2.24, 2.45) is 5.16 Å². The maximum atomic E-state index is 10.4. The van der Waals surface area contributed by atoms with E-state index in [0.29, 0.717) is 5.75 Å². The molecule has 5 nitrogen and oxygen atoms in total. The SMILES string of the molecule is O=[N+]([O-])C1=NOc2ccccc2C1. The molecule has 1 heterocycles. The van der Waals surface area contributed by atoms with Gasteiger partial charge in [0.05, 0.1) is 6.42 Å². The number of hydrogen-bond donors (Lipinski definition) is 0. The van der Waals surface area contributed by atoms with E-state index in [1.165, 1.54) is 0 Å². The van der Waals surface area contributed by atoms with Crippen molar-refractivity contribution in [1.82, 2.24) is 0 Å². The summed E-state index contributed by atoms with van der Waals surface area (Å²) in [5, 5.41) is 13.7. The Balaban J connectivity index is 2.33. The van der Waals surface area contributed by atoms with Crippen LogP contribution >= 0.6 is 0 Å². The molecule has 0 bridgehead atoms. The summed E-state index contributed by atoms with van der Waals surface area (Å²) in [4.78, 5) is 14.7. The highest BCUT2D eigenvalue weighted by atomic mass is 16.7. The average molecular weight is 178 g/mol. The molecule has 13 heavy (non-hydrogen) atoms. The van der Waals surface area contributed by atoms with Gasteiger partial charge in [0, 0.05) is 5.56 Å². The smallest absolute Gasteiger partial charge is 0.358 e. The standard InChI is InChI=1S/C8H6N2O3/c11-10(12)8-5-6-3-1-2-4-7(6)13-9-8/h1-4H,5H2. The van der Waals surface area contributed by atoms with Gasteiger partial charge in [0.25, 0.3) is 0 Å². The Bertz CT molecular complexity index is 387. The lowest BCUT2D eigenvalue weighted by Crippen LogP contribution is -2.19. The van der Waals surface area contributed by atoms with Crippen LogP contribution in [-0.2, 0) is 6.42 Å². The van der Waals surface area contributed by atoms with Gasteiger partial charge in [-0.05, 0) is 11.0 Å². The molecule has 1 aliphatic rings. The Labute approximate surface area is 73.8 Å². The van der Waals surface area contributed by atoms with Crippen LogP contribution in [0.2, 0.25) is 0 Å². The number of benzene rings is 1. The molecule has 0 saturated carbocycles. The molecule has 0 unspecified atom stereocenters. The van der Waals surface area contributed by atoms with Crippen molar-refractivity contribution in [2.45, 2.75) is 6.42 Å². The molecule has 1 aromatic rings. The topological polar surface area (TPSA) is 64.7 Å². The van der Waals surface area contributed by atoms with Gasteiger partial charge in [-0.2, -0.15) is 0 Å². The van der Waals surface area contributed by atoms with Gasteiger partial charge in [-0.3, -0.25) is 4.84 Å². The van der Waals surface area contributed by atoms with E-state index >= 15 is 0 Å². The molecular weight excluding hydrogens is 172 g/mol. The summed E-state index contributed by atoms with van der Waals surface area (Å²) in [6, 6.07) is 7.12. The average Bonchev–Trinajstić information content (AvgIpc) is 2.17. The highest BCUT2D eigenvalue weighted by molar-refractivity contribution is 5.78.